The summed E-state index contributed by atoms with van der Waals surface area (Å²) in [5, 5.41) is 0. The van der Waals surface area contributed by atoms with Crippen molar-refractivity contribution in [3.8, 4) is 0 Å². The first kappa shape index (κ1) is 10.7. The SMILES string of the molecule is CCOC(=O)CCN(C)C(N)=O. The number of rotatable bonds is 4. The lowest BCUT2D eigenvalue weighted by Gasteiger charge is -2.12. The van der Waals surface area contributed by atoms with E-state index < -0.39 is 6.03 Å². The maximum atomic E-state index is 10.8. The molecule has 0 aromatic heterocycles. The Morgan fingerprint density at radius 3 is 2.50 bits per heavy atom. The van der Waals surface area contributed by atoms with E-state index in [0.29, 0.717) is 13.2 Å². The first-order valence-corrected chi connectivity index (χ1v) is 3.74. The first-order chi connectivity index (χ1) is 5.57. The molecule has 0 aromatic carbocycles. The van der Waals surface area contributed by atoms with Crippen molar-refractivity contribution >= 4 is 12.0 Å². The van der Waals surface area contributed by atoms with Crippen LogP contribution in [0.4, 0.5) is 4.79 Å². The van der Waals surface area contributed by atoms with Crippen molar-refractivity contribution in [2.45, 2.75) is 13.3 Å². The molecule has 0 saturated heterocycles. The molecule has 0 aliphatic rings. The van der Waals surface area contributed by atoms with Gasteiger partial charge in [-0.25, -0.2) is 4.79 Å². The van der Waals surface area contributed by atoms with Crippen molar-refractivity contribution in [3.05, 3.63) is 0 Å². The van der Waals surface area contributed by atoms with E-state index in [1.165, 1.54) is 11.9 Å². The van der Waals surface area contributed by atoms with E-state index in [1.807, 2.05) is 0 Å². The summed E-state index contributed by atoms with van der Waals surface area (Å²) in [6.45, 7) is 2.39. The summed E-state index contributed by atoms with van der Waals surface area (Å²) in [4.78, 5) is 22.5. The van der Waals surface area contributed by atoms with E-state index in [4.69, 9.17) is 5.73 Å². The van der Waals surface area contributed by atoms with Gasteiger partial charge in [0.25, 0.3) is 0 Å². The molecule has 0 rings (SSSR count). The van der Waals surface area contributed by atoms with E-state index >= 15 is 0 Å². The molecule has 70 valence electrons. The maximum Gasteiger partial charge on any atom is 0.314 e. The van der Waals surface area contributed by atoms with Crippen LogP contribution in [0.15, 0.2) is 0 Å². The van der Waals surface area contributed by atoms with Gasteiger partial charge in [-0.05, 0) is 6.92 Å². The number of ether oxygens (including phenoxy) is 1. The molecule has 2 amide bonds. The fourth-order valence-electron chi connectivity index (χ4n) is 0.602. The number of urea groups is 1. The third-order valence-corrected chi connectivity index (χ3v) is 1.33. The Balaban J connectivity index is 3.54. The van der Waals surface area contributed by atoms with Crippen LogP contribution in [0.1, 0.15) is 13.3 Å². The van der Waals surface area contributed by atoms with E-state index in [0.717, 1.165) is 0 Å². The molecule has 0 aliphatic carbocycles. The van der Waals surface area contributed by atoms with Crippen LogP contribution in [0, 0.1) is 0 Å². The highest BCUT2D eigenvalue weighted by atomic mass is 16.5. The van der Waals surface area contributed by atoms with Gasteiger partial charge in [0, 0.05) is 13.6 Å². The van der Waals surface area contributed by atoms with Crippen LogP contribution in [0.25, 0.3) is 0 Å². The molecule has 5 nitrogen and oxygen atoms in total. The van der Waals surface area contributed by atoms with Gasteiger partial charge in [0.15, 0.2) is 0 Å². The molecule has 0 bridgehead atoms. The van der Waals surface area contributed by atoms with Crippen LogP contribution in [-0.2, 0) is 9.53 Å². The number of nitrogens with zero attached hydrogens (tertiary/aromatic N) is 1. The fourth-order valence-corrected chi connectivity index (χ4v) is 0.602. The number of carbonyl (C=O) groups excluding carboxylic acids is 2. The van der Waals surface area contributed by atoms with Crippen molar-refractivity contribution in [1.29, 1.82) is 0 Å². The minimum Gasteiger partial charge on any atom is -0.466 e. The highest BCUT2D eigenvalue weighted by Crippen LogP contribution is 1.90. The van der Waals surface area contributed by atoms with Crippen LogP contribution in [0.2, 0.25) is 0 Å². The van der Waals surface area contributed by atoms with Crippen LogP contribution in [-0.4, -0.2) is 37.1 Å². The van der Waals surface area contributed by atoms with Gasteiger partial charge in [-0.3, -0.25) is 4.79 Å². The Morgan fingerprint density at radius 1 is 1.50 bits per heavy atom. The first-order valence-electron chi connectivity index (χ1n) is 3.74. The van der Waals surface area contributed by atoms with Gasteiger partial charge in [0.05, 0.1) is 13.0 Å². The topological polar surface area (TPSA) is 72.6 Å². The predicted molar refractivity (Wildman–Crippen MR) is 43.5 cm³/mol. The molecule has 0 heterocycles. The summed E-state index contributed by atoms with van der Waals surface area (Å²) >= 11 is 0. The van der Waals surface area contributed by atoms with Crippen LogP contribution in [0.5, 0.6) is 0 Å². The molecule has 5 heteroatoms. The van der Waals surface area contributed by atoms with Crippen LogP contribution < -0.4 is 5.73 Å². The summed E-state index contributed by atoms with van der Waals surface area (Å²) in [6.07, 6.45) is 0.188. The number of primary amides is 1. The van der Waals surface area contributed by atoms with Gasteiger partial charge < -0.3 is 15.4 Å². The van der Waals surface area contributed by atoms with Crippen LogP contribution in [0.3, 0.4) is 0 Å². The molecule has 0 fully saturated rings. The van der Waals surface area contributed by atoms with Crippen molar-refractivity contribution in [2.24, 2.45) is 5.73 Å². The van der Waals surface area contributed by atoms with E-state index in [2.05, 4.69) is 4.74 Å². The summed E-state index contributed by atoms with van der Waals surface area (Å²) in [5.41, 5.74) is 4.93. The quantitative estimate of drug-likeness (QED) is 0.607. The summed E-state index contributed by atoms with van der Waals surface area (Å²) < 4.78 is 4.65. The lowest BCUT2D eigenvalue weighted by Crippen LogP contribution is -2.33. The average molecular weight is 174 g/mol. The van der Waals surface area contributed by atoms with Crippen molar-refractivity contribution in [1.82, 2.24) is 4.90 Å². The normalized spacial score (nSPS) is 9.17. The lowest BCUT2D eigenvalue weighted by atomic mass is 10.4. The zero-order valence-electron chi connectivity index (χ0n) is 7.37. The van der Waals surface area contributed by atoms with Gasteiger partial charge in [0.1, 0.15) is 0 Å². The van der Waals surface area contributed by atoms with Gasteiger partial charge in [-0.15, -0.1) is 0 Å². The molecule has 2 N–H and O–H groups in total. The Bertz CT molecular complexity index is 170. The standard InChI is InChI=1S/C7H14N2O3/c1-3-12-6(10)4-5-9(2)7(8)11/h3-5H2,1-2H3,(H2,8,11). The Labute approximate surface area is 71.5 Å². The second kappa shape index (κ2) is 5.40. The zero-order valence-corrected chi connectivity index (χ0v) is 7.37. The van der Waals surface area contributed by atoms with Gasteiger partial charge >= 0.3 is 12.0 Å². The van der Waals surface area contributed by atoms with Crippen molar-refractivity contribution < 1.29 is 14.3 Å². The molecule has 0 unspecified atom stereocenters. The number of esters is 1. The molecule has 12 heavy (non-hydrogen) atoms. The molecule has 0 radical (unpaired) electrons. The summed E-state index contributed by atoms with van der Waals surface area (Å²) in [6, 6.07) is -0.542. The highest BCUT2D eigenvalue weighted by Gasteiger charge is 2.06. The second-order valence-electron chi connectivity index (χ2n) is 2.31. The molecule has 0 atom stereocenters. The third kappa shape index (κ3) is 4.54. The predicted octanol–water partition coefficient (Wildman–Crippen LogP) is -0.0499. The monoisotopic (exact) mass is 174 g/mol. The molecule has 0 saturated carbocycles. The third-order valence-electron chi connectivity index (χ3n) is 1.33. The largest absolute Gasteiger partial charge is 0.466 e. The smallest absolute Gasteiger partial charge is 0.314 e. The van der Waals surface area contributed by atoms with Gasteiger partial charge in [-0.2, -0.15) is 0 Å². The van der Waals surface area contributed by atoms with E-state index in [-0.39, 0.29) is 12.4 Å². The molecular weight excluding hydrogens is 160 g/mol. The Hall–Kier alpha value is -1.26. The Kier molecular flexibility index (Phi) is 4.83. The van der Waals surface area contributed by atoms with Crippen LogP contribution >= 0.6 is 0 Å². The molecule has 0 aromatic rings. The van der Waals surface area contributed by atoms with Crippen molar-refractivity contribution in [3.63, 3.8) is 0 Å². The molecule has 0 aliphatic heterocycles. The van der Waals surface area contributed by atoms with E-state index in [9.17, 15) is 9.59 Å². The molecule has 0 spiro atoms. The van der Waals surface area contributed by atoms with E-state index in [1.54, 1.807) is 6.92 Å². The summed E-state index contributed by atoms with van der Waals surface area (Å²) in [5.74, 6) is -0.314. The maximum absolute atomic E-state index is 10.8. The number of nitrogens with two attached hydrogens (primary N) is 1. The number of amides is 2. The molecular formula is C7H14N2O3. The summed E-state index contributed by atoms with van der Waals surface area (Å²) in [7, 11) is 1.53. The minimum atomic E-state index is -0.542. The van der Waals surface area contributed by atoms with Crippen molar-refractivity contribution in [2.75, 3.05) is 20.2 Å². The minimum absolute atomic E-state index is 0.188. The second-order valence-corrected chi connectivity index (χ2v) is 2.31. The zero-order chi connectivity index (χ0) is 9.56. The number of hydrogen-bond donors (Lipinski definition) is 1. The number of carbonyl (C=O) groups is 2. The fraction of sp³-hybridized carbons (Fsp3) is 0.714. The number of hydrogen-bond acceptors (Lipinski definition) is 3. The van der Waals surface area contributed by atoms with Gasteiger partial charge in [-0.1, -0.05) is 0 Å². The highest BCUT2D eigenvalue weighted by molar-refractivity contribution is 5.73. The van der Waals surface area contributed by atoms with Gasteiger partial charge in [0.2, 0.25) is 0 Å². The lowest BCUT2D eigenvalue weighted by molar-refractivity contribution is -0.143. The Morgan fingerprint density at radius 2 is 2.08 bits per heavy atom. The average Bonchev–Trinajstić information content (AvgIpc) is 2.00.